The van der Waals surface area contributed by atoms with Gasteiger partial charge >= 0.3 is 12.1 Å². The van der Waals surface area contributed by atoms with Crippen LogP contribution in [0.2, 0.25) is 0 Å². The maximum absolute atomic E-state index is 13.3. The zero-order valence-corrected chi connectivity index (χ0v) is 11.5. The second-order valence-electron chi connectivity index (χ2n) is 4.79. The van der Waals surface area contributed by atoms with Gasteiger partial charge in [0.2, 0.25) is 0 Å². The third kappa shape index (κ3) is 2.26. The standard InChI is InChI=1S/C14H14F3NO2/c1-6-5-10-11(12(7(6)2)14(15,16)17)13(8(3)18-10)20-9(4)19/h5,18H,1-4H3. The molecule has 0 unspecified atom stereocenters. The first-order valence-electron chi connectivity index (χ1n) is 6.01. The van der Waals surface area contributed by atoms with Crippen molar-refractivity contribution < 1.29 is 22.7 Å². The molecule has 0 saturated heterocycles. The molecule has 1 aromatic carbocycles. The van der Waals surface area contributed by atoms with E-state index in [-0.39, 0.29) is 16.7 Å². The van der Waals surface area contributed by atoms with E-state index in [0.29, 0.717) is 16.8 Å². The Hall–Kier alpha value is -1.98. The second kappa shape index (κ2) is 4.54. The minimum atomic E-state index is -4.52. The number of halogens is 3. The van der Waals surface area contributed by atoms with Crippen LogP contribution in [0.1, 0.15) is 29.3 Å². The molecule has 0 aliphatic carbocycles. The highest BCUT2D eigenvalue weighted by Gasteiger charge is 2.37. The molecule has 2 aromatic rings. The number of benzene rings is 1. The lowest BCUT2D eigenvalue weighted by Gasteiger charge is -2.15. The zero-order chi connectivity index (χ0) is 15.2. The Morgan fingerprint density at radius 3 is 2.35 bits per heavy atom. The molecular weight excluding hydrogens is 271 g/mol. The number of fused-ring (bicyclic) bond motifs is 1. The van der Waals surface area contributed by atoms with E-state index in [9.17, 15) is 18.0 Å². The first kappa shape index (κ1) is 14.4. The summed E-state index contributed by atoms with van der Waals surface area (Å²) >= 11 is 0. The van der Waals surface area contributed by atoms with Crippen LogP contribution in [0, 0.1) is 20.8 Å². The van der Waals surface area contributed by atoms with Gasteiger partial charge in [-0.25, -0.2) is 0 Å². The molecule has 1 heterocycles. The summed E-state index contributed by atoms with van der Waals surface area (Å²) in [4.78, 5) is 13.9. The first-order chi connectivity index (χ1) is 9.12. The van der Waals surface area contributed by atoms with Gasteiger partial charge in [0.25, 0.3) is 0 Å². The van der Waals surface area contributed by atoms with Crippen LogP contribution in [0.25, 0.3) is 10.9 Å². The largest absolute Gasteiger partial charge is 0.424 e. The Morgan fingerprint density at radius 1 is 1.25 bits per heavy atom. The molecule has 0 saturated carbocycles. The molecule has 0 fully saturated rings. The van der Waals surface area contributed by atoms with Gasteiger partial charge in [-0.3, -0.25) is 4.79 Å². The average Bonchev–Trinajstić information content (AvgIpc) is 2.54. The number of alkyl halides is 3. The number of H-pyrrole nitrogens is 1. The van der Waals surface area contributed by atoms with Crippen molar-refractivity contribution in [3.05, 3.63) is 28.5 Å². The molecule has 0 bridgehead atoms. The Kier molecular flexibility index (Phi) is 3.28. The second-order valence-corrected chi connectivity index (χ2v) is 4.79. The molecule has 20 heavy (non-hydrogen) atoms. The van der Waals surface area contributed by atoms with Gasteiger partial charge in [-0.15, -0.1) is 0 Å². The molecule has 6 heteroatoms. The molecule has 0 aliphatic heterocycles. The predicted molar refractivity (Wildman–Crippen MR) is 68.8 cm³/mol. The van der Waals surface area contributed by atoms with E-state index in [1.54, 1.807) is 19.9 Å². The maximum Gasteiger partial charge on any atom is 0.417 e. The fourth-order valence-corrected chi connectivity index (χ4v) is 2.32. The van der Waals surface area contributed by atoms with Crippen LogP contribution in [-0.2, 0) is 11.0 Å². The number of aromatic nitrogens is 1. The van der Waals surface area contributed by atoms with Crippen LogP contribution in [-0.4, -0.2) is 11.0 Å². The molecule has 108 valence electrons. The number of hydrogen-bond donors (Lipinski definition) is 1. The monoisotopic (exact) mass is 285 g/mol. The number of hydrogen-bond acceptors (Lipinski definition) is 2. The van der Waals surface area contributed by atoms with Crippen LogP contribution in [0.5, 0.6) is 5.75 Å². The van der Waals surface area contributed by atoms with Crippen LogP contribution < -0.4 is 4.74 Å². The Bertz CT molecular complexity index is 699. The van der Waals surface area contributed by atoms with E-state index >= 15 is 0 Å². The van der Waals surface area contributed by atoms with Crippen molar-refractivity contribution in [2.45, 2.75) is 33.9 Å². The van der Waals surface area contributed by atoms with Gasteiger partial charge < -0.3 is 9.72 Å². The van der Waals surface area contributed by atoms with Crippen molar-refractivity contribution in [3.63, 3.8) is 0 Å². The molecule has 1 N–H and O–H groups in total. The third-order valence-corrected chi connectivity index (χ3v) is 3.27. The number of aromatic amines is 1. The highest BCUT2D eigenvalue weighted by molar-refractivity contribution is 5.94. The smallest absolute Gasteiger partial charge is 0.417 e. The van der Waals surface area contributed by atoms with Crippen LogP contribution in [0.3, 0.4) is 0 Å². The quantitative estimate of drug-likeness (QED) is 0.803. The van der Waals surface area contributed by atoms with Crippen LogP contribution in [0.4, 0.5) is 13.2 Å². The normalized spacial score (nSPS) is 11.9. The lowest BCUT2D eigenvalue weighted by Crippen LogP contribution is -2.10. The highest BCUT2D eigenvalue weighted by atomic mass is 19.4. The van der Waals surface area contributed by atoms with E-state index in [1.165, 1.54) is 6.92 Å². The van der Waals surface area contributed by atoms with E-state index in [1.807, 2.05) is 0 Å². The molecule has 0 atom stereocenters. The Labute approximate surface area is 113 Å². The van der Waals surface area contributed by atoms with Gasteiger partial charge in [0.1, 0.15) is 0 Å². The summed E-state index contributed by atoms with van der Waals surface area (Å²) in [5.74, 6) is -0.705. The molecule has 3 nitrogen and oxygen atoms in total. The lowest BCUT2D eigenvalue weighted by atomic mass is 9.98. The third-order valence-electron chi connectivity index (χ3n) is 3.27. The minimum absolute atomic E-state index is 0.0528. The zero-order valence-electron chi connectivity index (χ0n) is 11.5. The van der Waals surface area contributed by atoms with Gasteiger partial charge in [0, 0.05) is 6.92 Å². The van der Waals surface area contributed by atoms with E-state index in [2.05, 4.69) is 4.98 Å². The molecule has 2 rings (SSSR count). The van der Waals surface area contributed by atoms with Gasteiger partial charge in [-0.2, -0.15) is 13.2 Å². The average molecular weight is 285 g/mol. The number of carbonyl (C=O) groups is 1. The fourth-order valence-electron chi connectivity index (χ4n) is 2.32. The molecule has 0 radical (unpaired) electrons. The summed E-state index contributed by atoms with van der Waals surface area (Å²) in [5.41, 5.74) is 0.617. The summed E-state index contributed by atoms with van der Waals surface area (Å²) in [6, 6.07) is 1.62. The van der Waals surface area contributed by atoms with Crippen molar-refractivity contribution in [2.75, 3.05) is 0 Å². The molecule has 0 spiro atoms. The van der Waals surface area contributed by atoms with E-state index in [0.717, 1.165) is 6.92 Å². The number of aryl methyl sites for hydroxylation is 2. The SMILES string of the molecule is CC(=O)Oc1c(C)[nH]c2cc(C)c(C)c(C(F)(F)F)c12. The topological polar surface area (TPSA) is 42.1 Å². The molecule has 0 aliphatic rings. The van der Waals surface area contributed by atoms with Crippen LogP contribution >= 0.6 is 0 Å². The van der Waals surface area contributed by atoms with Crippen molar-refractivity contribution in [2.24, 2.45) is 0 Å². The van der Waals surface area contributed by atoms with E-state index in [4.69, 9.17) is 4.74 Å². The first-order valence-corrected chi connectivity index (χ1v) is 6.01. The highest BCUT2D eigenvalue weighted by Crippen LogP contribution is 2.43. The van der Waals surface area contributed by atoms with Crippen LogP contribution in [0.15, 0.2) is 6.07 Å². The summed E-state index contributed by atoms with van der Waals surface area (Å²) in [6.07, 6.45) is -4.52. The Morgan fingerprint density at radius 2 is 1.85 bits per heavy atom. The summed E-state index contributed by atoms with van der Waals surface area (Å²) in [6.45, 7) is 5.76. The van der Waals surface area contributed by atoms with Gasteiger partial charge in [-0.1, -0.05) is 0 Å². The Balaban J connectivity index is 2.92. The number of nitrogens with one attached hydrogen (secondary N) is 1. The molecular formula is C14H14F3NO2. The summed E-state index contributed by atoms with van der Waals surface area (Å²) in [5, 5.41) is -0.0895. The minimum Gasteiger partial charge on any atom is -0.424 e. The van der Waals surface area contributed by atoms with Gasteiger partial charge in [0.05, 0.1) is 22.2 Å². The van der Waals surface area contributed by atoms with Gasteiger partial charge in [0.15, 0.2) is 5.75 Å². The van der Waals surface area contributed by atoms with Crippen molar-refractivity contribution in [3.8, 4) is 5.75 Å². The maximum atomic E-state index is 13.3. The van der Waals surface area contributed by atoms with Crippen molar-refractivity contribution in [1.82, 2.24) is 4.98 Å². The van der Waals surface area contributed by atoms with E-state index < -0.39 is 17.7 Å². The number of carbonyl (C=O) groups excluding carboxylic acids is 1. The number of ether oxygens (including phenoxy) is 1. The van der Waals surface area contributed by atoms with Crippen molar-refractivity contribution in [1.29, 1.82) is 0 Å². The van der Waals surface area contributed by atoms with Gasteiger partial charge in [-0.05, 0) is 38.0 Å². The summed E-state index contributed by atoms with van der Waals surface area (Å²) in [7, 11) is 0. The fraction of sp³-hybridized carbons (Fsp3) is 0.357. The number of rotatable bonds is 1. The molecule has 1 aromatic heterocycles. The lowest BCUT2D eigenvalue weighted by molar-refractivity contribution is -0.137. The summed E-state index contributed by atoms with van der Waals surface area (Å²) < 4.78 is 45.0. The molecule has 0 amide bonds. The van der Waals surface area contributed by atoms with Crippen molar-refractivity contribution >= 4 is 16.9 Å². The predicted octanol–water partition coefficient (Wildman–Crippen LogP) is 4.04. The number of esters is 1.